The lowest BCUT2D eigenvalue weighted by atomic mass is 10.1. The summed E-state index contributed by atoms with van der Waals surface area (Å²) in [5.74, 6) is -0.252. The number of carbonyl (C=O) groups is 2. The number of carboxylic acid groups (broad SMARTS) is 1. The summed E-state index contributed by atoms with van der Waals surface area (Å²) in [6.45, 7) is 1.26. The minimum atomic E-state index is -1.09. The lowest BCUT2D eigenvalue weighted by Crippen LogP contribution is -2.34. The fourth-order valence-electron chi connectivity index (χ4n) is 1.13. The second-order valence-electron chi connectivity index (χ2n) is 3.13. The van der Waals surface area contributed by atoms with Crippen LogP contribution in [0.3, 0.4) is 0 Å². The van der Waals surface area contributed by atoms with Crippen molar-refractivity contribution in [1.29, 1.82) is 0 Å². The summed E-state index contributed by atoms with van der Waals surface area (Å²) in [5.41, 5.74) is 0. The van der Waals surface area contributed by atoms with Crippen molar-refractivity contribution in [3.63, 3.8) is 0 Å². The number of hydrogen-bond acceptors (Lipinski definition) is 2. The van der Waals surface area contributed by atoms with Crippen LogP contribution in [-0.2, 0) is 4.79 Å². The summed E-state index contributed by atoms with van der Waals surface area (Å²) in [6, 6.07) is -0.223. The predicted molar refractivity (Wildman–Crippen MR) is 53.5 cm³/mol. The lowest BCUT2D eigenvalue weighted by Gasteiger charge is -2.13. The number of hydrogen-bond donors (Lipinski definition) is 3. The summed E-state index contributed by atoms with van der Waals surface area (Å²) in [7, 11) is 0. The molecular formula is C9H17FN2O3. The largest absolute Gasteiger partial charge is 0.465 e. The van der Waals surface area contributed by atoms with Gasteiger partial charge >= 0.3 is 6.09 Å². The molecule has 0 aromatic rings. The maximum absolute atomic E-state index is 11.7. The molecule has 0 aliphatic heterocycles. The van der Waals surface area contributed by atoms with Gasteiger partial charge in [0, 0.05) is 19.0 Å². The van der Waals surface area contributed by atoms with Crippen molar-refractivity contribution in [3.05, 3.63) is 0 Å². The van der Waals surface area contributed by atoms with Crippen LogP contribution in [0.2, 0.25) is 0 Å². The summed E-state index contributed by atoms with van der Waals surface area (Å²) >= 11 is 0. The highest BCUT2D eigenvalue weighted by molar-refractivity contribution is 5.76. The van der Waals surface area contributed by atoms with Gasteiger partial charge in [0.05, 0.1) is 0 Å². The molecule has 0 saturated heterocycles. The van der Waals surface area contributed by atoms with E-state index < -0.39 is 12.8 Å². The number of nitrogens with one attached hydrogen (secondary N) is 2. The third-order valence-corrected chi connectivity index (χ3v) is 1.96. The predicted octanol–water partition coefficient (Wildman–Crippen LogP) is 0.899. The van der Waals surface area contributed by atoms with Gasteiger partial charge in [-0.2, -0.15) is 0 Å². The first-order chi connectivity index (χ1) is 7.10. The van der Waals surface area contributed by atoms with Crippen molar-refractivity contribution in [3.8, 4) is 0 Å². The maximum atomic E-state index is 11.7. The van der Waals surface area contributed by atoms with Crippen molar-refractivity contribution in [2.45, 2.75) is 32.2 Å². The lowest BCUT2D eigenvalue weighted by molar-refractivity contribution is -0.121. The van der Waals surface area contributed by atoms with E-state index in [1.807, 2.05) is 6.92 Å². The molecule has 0 aliphatic carbocycles. The Morgan fingerprint density at radius 2 is 2.13 bits per heavy atom. The molecule has 0 heterocycles. The molecule has 0 spiro atoms. The van der Waals surface area contributed by atoms with Gasteiger partial charge in [-0.05, 0) is 12.8 Å². The van der Waals surface area contributed by atoms with Crippen molar-refractivity contribution < 1.29 is 19.1 Å². The highest BCUT2D eigenvalue weighted by Crippen LogP contribution is 2.01. The smallest absolute Gasteiger partial charge is 0.404 e. The van der Waals surface area contributed by atoms with E-state index in [2.05, 4.69) is 10.6 Å². The third kappa shape index (κ3) is 7.72. The van der Waals surface area contributed by atoms with Crippen LogP contribution in [0.25, 0.3) is 0 Å². The Hall–Kier alpha value is -1.33. The summed E-state index contributed by atoms with van der Waals surface area (Å²) in [4.78, 5) is 21.4. The molecule has 0 aliphatic rings. The zero-order valence-electron chi connectivity index (χ0n) is 8.75. The van der Waals surface area contributed by atoms with Crippen molar-refractivity contribution in [1.82, 2.24) is 10.6 Å². The van der Waals surface area contributed by atoms with Gasteiger partial charge in [-0.1, -0.05) is 6.92 Å². The summed E-state index contributed by atoms with van der Waals surface area (Å²) < 4.78 is 11.7. The molecule has 0 bridgehead atoms. The number of halogens is 1. The monoisotopic (exact) mass is 220 g/mol. The second kappa shape index (κ2) is 8.02. The van der Waals surface area contributed by atoms with Gasteiger partial charge < -0.3 is 15.7 Å². The molecule has 0 radical (unpaired) electrons. The number of rotatable bonds is 7. The van der Waals surface area contributed by atoms with E-state index in [4.69, 9.17) is 5.11 Å². The van der Waals surface area contributed by atoms with Gasteiger partial charge in [0.15, 0.2) is 0 Å². The minimum Gasteiger partial charge on any atom is -0.465 e. The normalized spacial score (nSPS) is 11.9. The third-order valence-electron chi connectivity index (χ3n) is 1.96. The van der Waals surface area contributed by atoms with Crippen LogP contribution in [0, 0.1) is 0 Å². The first kappa shape index (κ1) is 13.7. The summed E-state index contributed by atoms with van der Waals surface area (Å²) in [5, 5.41) is 13.1. The zero-order chi connectivity index (χ0) is 11.7. The van der Waals surface area contributed by atoms with Crippen LogP contribution in [0.1, 0.15) is 26.2 Å². The SMILES string of the molecule is CCC(CCC(=O)NCCF)NC(=O)O. The highest BCUT2D eigenvalue weighted by atomic mass is 19.1. The molecule has 15 heavy (non-hydrogen) atoms. The van der Waals surface area contributed by atoms with Crippen LogP contribution >= 0.6 is 0 Å². The number of amides is 2. The van der Waals surface area contributed by atoms with Gasteiger partial charge in [-0.25, -0.2) is 9.18 Å². The van der Waals surface area contributed by atoms with Gasteiger partial charge in [-0.15, -0.1) is 0 Å². The van der Waals surface area contributed by atoms with Gasteiger partial charge in [0.25, 0.3) is 0 Å². The van der Waals surface area contributed by atoms with E-state index in [0.717, 1.165) is 0 Å². The first-order valence-electron chi connectivity index (χ1n) is 4.92. The van der Waals surface area contributed by atoms with E-state index >= 15 is 0 Å². The summed E-state index contributed by atoms with van der Waals surface area (Å²) in [6.07, 6.45) is 0.175. The Balaban J connectivity index is 3.69. The van der Waals surface area contributed by atoms with Crippen LogP contribution in [-0.4, -0.2) is 36.4 Å². The quantitative estimate of drug-likeness (QED) is 0.596. The van der Waals surface area contributed by atoms with Gasteiger partial charge in [0.2, 0.25) is 5.91 Å². The Labute approximate surface area is 88.0 Å². The molecular weight excluding hydrogens is 203 g/mol. The maximum Gasteiger partial charge on any atom is 0.404 e. The van der Waals surface area contributed by atoms with E-state index in [1.54, 1.807) is 0 Å². The standard InChI is InChI=1S/C9H17FN2O3/c1-2-7(12-9(14)15)3-4-8(13)11-6-5-10/h7,12H,2-6H2,1H3,(H,11,13)(H,14,15). The van der Waals surface area contributed by atoms with Crippen LogP contribution < -0.4 is 10.6 Å². The molecule has 3 N–H and O–H groups in total. The van der Waals surface area contributed by atoms with E-state index in [-0.39, 0.29) is 24.9 Å². The van der Waals surface area contributed by atoms with E-state index in [1.165, 1.54) is 0 Å². The highest BCUT2D eigenvalue weighted by Gasteiger charge is 2.11. The van der Waals surface area contributed by atoms with E-state index in [0.29, 0.717) is 12.8 Å². The first-order valence-corrected chi connectivity index (χ1v) is 4.92. The molecule has 6 heteroatoms. The topological polar surface area (TPSA) is 78.4 Å². The molecule has 1 atom stereocenters. The average Bonchev–Trinajstić information content (AvgIpc) is 2.20. The second-order valence-corrected chi connectivity index (χ2v) is 3.13. The Bertz CT molecular complexity index is 212. The Morgan fingerprint density at radius 1 is 1.47 bits per heavy atom. The molecule has 0 aromatic heterocycles. The molecule has 2 amide bonds. The molecule has 0 fully saturated rings. The van der Waals surface area contributed by atoms with E-state index in [9.17, 15) is 14.0 Å². The molecule has 0 saturated carbocycles. The minimum absolute atomic E-state index is 0.0159. The molecule has 5 nitrogen and oxygen atoms in total. The van der Waals surface area contributed by atoms with Gasteiger partial charge in [0.1, 0.15) is 6.67 Å². The number of carbonyl (C=O) groups excluding carboxylic acids is 1. The van der Waals surface area contributed by atoms with Crippen LogP contribution in [0.5, 0.6) is 0 Å². The van der Waals surface area contributed by atoms with Crippen molar-refractivity contribution in [2.24, 2.45) is 0 Å². The Morgan fingerprint density at radius 3 is 2.60 bits per heavy atom. The Kier molecular flexibility index (Phi) is 7.31. The van der Waals surface area contributed by atoms with Crippen molar-refractivity contribution in [2.75, 3.05) is 13.2 Å². The fourth-order valence-corrected chi connectivity index (χ4v) is 1.13. The fraction of sp³-hybridized carbons (Fsp3) is 0.778. The zero-order valence-corrected chi connectivity index (χ0v) is 8.75. The van der Waals surface area contributed by atoms with Crippen molar-refractivity contribution >= 4 is 12.0 Å². The number of alkyl halides is 1. The molecule has 88 valence electrons. The molecule has 1 unspecified atom stereocenters. The molecule has 0 rings (SSSR count). The molecule has 0 aromatic carbocycles. The average molecular weight is 220 g/mol. The van der Waals surface area contributed by atoms with Gasteiger partial charge in [-0.3, -0.25) is 4.79 Å². The van der Waals surface area contributed by atoms with Crippen LogP contribution in [0.15, 0.2) is 0 Å². The van der Waals surface area contributed by atoms with Crippen LogP contribution in [0.4, 0.5) is 9.18 Å².